The summed E-state index contributed by atoms with van der Waals surface area (Å²) in [6, 6.07) is 7.85. The Morgan fingerprint density at radius 2 is 2.12 bits per heavy atom. The maximum absolute atomic E-state index is 10.4. The van der Waals surface area contributed by atoms with Gasteiger partial charge in [-0.1, -0.05) is 31.0 Å². The lowest BCUT2D eigenvalue weighted by Gasteiger charge is -2.24. The molecule has 2 rings (SSSR count). The Balaban J connectivity index is 2.14. The van der Waals surface area contributed by atoms with Gasteiger partial charge in [0.15, 0.2) is 0 Å². The average molecular weight is 235 g/mol. The molecule has 2 N–H and O–H groups in total. The van der Waals surface area contributed by atoms with Crippen molar-refractivity contribution in [1.29, 1.82) is 0 Å². The van der Waals surface area contributed by atoms with Crippen molar-refractivity contribution < 1.29 is 9.84 Å². The van der Waals surface area contributed by atoms with E-state index in [2.05, 4.69) is 5.32 Å². The minimum atomic E-state index is -0.482. The molecule has 1 saturated heterocycles. The number of rotatable bonds is 3. The van der Waals surface area contributed by atoms with Gasteiger partial charge in [0, 0.05) is 11.6 Å². The molecule has 0 radical (unpaired) electrons. The normalized spacial score (nSPS) is 22.8. The quantitative estimate of drug-likeness (QED) is 0.844. The fourth-order valence-electron chi connectivity index (χ4n) is 2.45. The largest absolute Gasteiger partial charge is 0.496 e. The molecule has 1 aliphatic rings. The van der Waals surface area contributed by atoms with E-state index in [1.807, 2.05) is 24.3 Å². The van der Waals surface area contributed by atoms with Gasteiger partial charge in [-0.15, -0.1) is 0 Å². The molecule has 1 fully saturated rings. The molecule has 0 saturated carbocycles. The van der Waals surface area contributed by atoms with Gasteiger partial charge in [-0.25, -0.2) is 0 Å². The van der Waals surface area contributed by atoms with Crippen LogP contribution in [0.2, 0.25) is 0 Å². The van der Waals surface area contributed by atoms with E-state index in [0.29, 0.717) is 0 Å². The maximum atomic E-state index is 10.4. The lowest BCUT2D eigenvalue weighted by molar-refractivity contribution is 0.123. The Hall–Kier alpha value is -1.06. The van der Waals surface area contributed by atoms with Gasteiger partial charge < -0.3 is 15.2 Å². The van der Waals surface area contributed by atoms with Gasteiger partial charge in [0.2, 0.25) is 0 Å². The zero-order valence-electron chi connectivity index (χ0n) is 10.4. The molecule has 0 aliphatic carbocycles. The fourth-order valence-corrected chi connectivity index (χ4v) is 2.45. The first-order valence-electron chi connectivity index (χ1n) is 6.37. The zero-order valence-corrected chi connectivity index (χ0v) is 10.4. The van der Waals surface area contributed by atoms with Crippen molar-refractivity contribution in [1.82, 2.24) is 5.32 Å². The Morgan fingerprint density at radius 1 is 1.29 bits per heavy atom. The topological polar surface area (TPSA) is 41.5 Å². The summed E-state index contributed by atoms with van der Waals surface area (Å²) in [5.74, 6) is 0.769. The van der Waals surface area contributed by atoms with E-state index in [1.54, 1.807) is 7.11 Å². The van der Waals surface area contributed by atoms with Crippen molar-refractivity contribution in [2.24, 2.45) is 0 Å². The molecular weight excluding hydrogens is 214 g/mol. The zero-order chi connectivity index (χ0) is 12.1. The number of hydrogen-bond acceptors (Lipinski definition) is 3. The van der Waals surface area contributed by atoms with E-state index in [9.17, 15) is 5.11 Å². The highest BCUT2D eigenvalue weighted by Gasteiger charge is 2.23. The number of aliphatic hydroxyl groups is 1. The molecule has 2 atom stereocenters. The van der Waals surface area contributed by atoms with E-state index in [1.165, 1.54) is 19.3 Å². The van der Waals surface area contributed by atoms with Crippen LogP contribution >= 0.6 is 0 Å². The number of nitrogens with one attached hydrogen (secondary N) is 1. The van der Waals surface area contributed by atoms with Crippen LogP contribution in [0.25, 0.3) is 0 Å². The second-order valence-corrected chi connectivity index (χ2v) is 4.60. The van der Waals surface area contributed by atoms with Gasteiger partial charge >= 0.3 is 0 Å². The summed E-state index contributed by atoms with van der Waals surface area (Å²) in [7, 11) is 1.64. The Bertz CT molecular complexity index is 346. The van der Waals surface area contributed by atoms with Crippen molar-refractivity contribution in [3.63, 3.8) is 0 Å². The second kappa shape index (κ2) is 6.03. The van der Waals surface area contributed by atoms with Crippen LogP contribution < -0.4 is 10.1 Å². The molecule has 3 heteroatoms. The Labute approximate surface area is 103 Å². The van der Waals surface area contributed by atoms with Crippen molar-refractivity contribution in [3.05, 3.63) is 29.8 Å². The maximum Gasteiger partial charge on any atom is 0.124 e. The number of aliphatic hydroxyl groups excluding tert-OH is 1. The summed E-state index contributed by atoms with van der Waals surface area (Å²) in [5, 5.41) is 13.9. The summed E-state index contributed by atoms with van der Waals surface area (Å²) >= 11 is 0. The van der Waals surface area contributed by atoms with Crippen molar-refractivity contribution in [2.45, 2.75) is 37.8 Å². The minimum absolute atomic E-state index is 0.147. The first-order chi connectivity index (χ1) is 8.33. The molecule has 3 nitrogen and oxygen atoms in total. The van der Waals surface area contributed by atoms with Crippen molar-refractivity contribution in [2.75, 3.05) is 13.7 Å². The number of ether oxygens (including phenoxy) is 1. The number of para-hydroxylation sites is 1. The molecular formula is C14H21NO2. The highest BCUT2D eigenvalue weighted by Crippen LogP contribution is 2.29. The van der Waals surface area contributed by atoms with E-state index in [4.69, 9.17) is 4.74 Å². The van der Waals surface area contributed by atoms with Crippen LogP contribution in [-0.4, -0.2) is 24.8 Å². The van der Waals surface area contributed by atoms with E-state index < -0.39 is 6.10 Å². The third-order valence-electron chi connectivity index (χ3n) is 3.44. The smallest absolute Gasteiger partial charge is 0.124 e. The second-order valence-electron chi connectivity index (χ2n) is 4.60. The highest BCUT2D eigenvalue weighted by molar-refractivity contribution is 5.35. The van der Waals surface area contributed by atoms with Gasteiger partial charge in [-0.2, -0.15) is 0 Å². The minimum Gasteiger partial charge on any atom is -0.496 e. The van der Waals surface area contributed by atoms with Crippen molar-refractivity contribution >= 4 is 0 Å². The lowest BCUT2D eigenvalue weighted by Crippen LogP contribution is -2.34. The van der Waals surface area contributed by atoms with Crippen LogP contribution in [0.4, 0.5) is 0 Å². The van der Waals surface area contributed by atoms with Gasteiger partial charge in [-0.05, 0) is 25.5 Å². The summed E-state index contributed by atoms with van der Waals surface area (Å²) < 4.78 is 5.30. The first kappa shape index (κ1) is 12.4. The van der Waals surface area contributed by atoms with Gasteiger partial charge in [0.1, 0.15) is 5.75 Å². The fraction of sp³-hybridized carbons (Fsp3) is 0.571. The van der Waals surface area contributed by atoms with Crippen LogP contribution in [0.3, 0.4) is 0 Å². The monoisotopic (exact) mass is 235 g/mol. The molecule has 0 spiro atoms. The predicted octanol–water partition coefficient (Wildman–Crippen LogP) is 2.26. The number of hydrogen-bond donors (Lipinski definition) is 2. The molecule has 1 heterocycles. The third kappa shape index (κ3) is 2.99. The number of benzene rings is 1. The number of methoxy groups -OCH3 is 1. The standard InChI is InChI=1S/C14H21NO2/c1-17-13-9-5-4-7-11(13)14(16)12-8-3-2-6-10-15-12/h4-5,7,9,12,14-16H,2-3,6,8,10H2,1H3. The molecule has 0 bridgehead atoms. The predicted molar refractivity (Wildman–Crippen MR) is 68.2 cm³/mol. The van der Waals surface area contributed by atoms with Gasteiger partial charge in [0.05, 0.1) is 13.2 Å². The molecule has 1 aromatic carbocycles. The Kier molecular flexibility index (Phi) is 4.40. The van der Waals surface area contributed by atoms with Crippen LogP contribution in [0.1, 0.15) is 37.4 Å². The highest BCUT2D eigenvalue weighted by atomic mass is 16.5. The summed E-state index contributed by atoms with van der Waals surface area (Å²) in [5.41, 5.74) is 0.884. The summed E-state index contributed by atoms with van der Waals surface area (Å²) in [4.78, 5) is 0. The van der Waals surface area contributed by atoms with Crippen LogP contribution in [0.15, 0.2) is 24.3 Å². The van der Waals surface area contributed by atoms with E-state index in [0.717, 1.165) is 24.3 Å². The molecule has 1 aliphatic heterocycles. The summed E-state index contributed by atoms with van der Waals surface area (Å²) in [6.45, 7) is 0.997. The molecule has 2 unspecified atom stereocenters. The van der Waals surface area contributed by atoms with Crippen molar-refractivity contribution in [3.8, 4) is 5.75 Å². The van der Waals surface area contributed by atoms with E-state index in [-0.39, 0.29) is 6.04 Å². The molecule has 0 amide bonds. The van der Waals surface area contributed by atoms with Gasteiger partial charge in [0.25, 0.3) is 0 Å². The summed E-state index contributed by atoms with van der Waals surface area (Å²) in [6.07, 6.45) is 4.18. The third-order valence-corrected chi connectivity index (χ3v) is 3.44. The average Bonchev–Trinajstić information content (AvgIpc) is 2.66. The molecule has 17 heavy (non-hydrogen) atoms. The lowest BCUT2D eigenvalue weighted by atomic mass is 9.98. The first-order valence-corrected chi connectivity index (χ1v) is 6.37. The molecule has 1 aromatic rings. The molecule has 0 aromatic heterocycles. The van der Waals surface area contributed by atoms with Gasteiger partial charge in [-0.3, -0.25) is 0 Å². The Morgan fingerprint density at radius 3 is 2.94 bits per heavy atom. The van der Waals surface area contributed by atoms with Crippen LogP contribution in [0.5, 0.6) is 5.75 Å². The SMILES string of the molecule is COc1ccccc1C(O)C1CCCCCN1. The van der Waals surface area contributed by atoms with Crippen LogP contribution in [-0.2, 0) is 0 Å². The van der Waals surface area contributed by atoms with Crippen LogP contribution in [0, 0.1) is 0 Å². The van der Waals surface area contributed by atoms with E-state index >= 15 is 0 Å². The molecule has 94 valence electrons.